The van der Waals surface area contributed by atoms with Crippen LogP contribution in [0.4, 0.5) is 0 Å². The molecule has 1 N–H and O–H groups in total. The first-order chi connectivity index (χ1) is 12.8. The molecule has 2 unspecified atom stereocenters. The Hall–Kier alpha value is -2.62. The van der Waals surface area contributed by atoms with E-state index in [9.17, 15) is 4.79 Å². The number of hydrogen-bond acceptors (Lipinski definition) is 2. The minimum atomic E-state index is 0.195. The van der Waals surface area contributed by atoms with Gasteiger partial charge in [-0.25, -0.2) is 4.98 Å². The van der Waals surface area contributed by atoms with Crippen LogP contribution in [0.15, 0.2) is 54.6 Å². The van der Waals surface area contributed by atoms with Gasteiger partial charge in [0.05, 0.1) is 11.0 Å². The maximum atomic E-state index is 12.8. The molecule has 2 heterocycles. The molecule has 2 atom stereocenters. The van der Waals surface area contributed by atoms with Gasteiger partial charge in [0, 0.05) is 24.9 Å². The van der Waals surface area contributed by atoms with E-state index in [0.717, 1.165) is 49.2 Å². The number of H-pyrrole nitrogens is 1. The number of hydrogen-bond donors (Lipinski definition) is 1. The summed E-state index contributed by atoms with van der Waals surface area (Å²) in [6.07, 6.45) is 2.99. The molecule has 1 amide bonds. The molecule has 1 aliphatic carbocycles. The number of likely N-dealkylation sites (tertiary alicyclic amines) is 1. The molecule has 4 heteroatoms. The molecule has 2 aromatic carbocycles. The van der Waals surface area contributed by atoms with Crippen molar-refractivity contribution in [3.8, 4) is 0 Å². The zero-order chi connectivity index (χ0) is 17.5. The molecular weight excluding hydrogens is 322 g/mol. The second-order valence-electron chi connectivity index (χ2n) is 7.60. The average Bonchev–Trinajstić information content (AvgIpc) is 3.39. The smallest absolute Gasteiger partial charge is 0.226 e. The summed E-state index contributed by atoms with van der Waals surface area (Å²) in [5.41, 5.74) is 3.44. The molecule has 1 aromatic heterocycles. The lowest BCUT2D eigenvalue weighted by atomic mass is 9.95. The Bertz CT molecular complexity index is 892. The van der Waals surface area contributed by atoms with Crippen molar-refractivity contribution in [3.63, 3.8) is 0 Å². The van der Waals surface area contributed by atoms with Gasteiger partial charge in [-0.05, 0) is 42.9 Å². The van der Waals surface area contributed by atoms with Crippen LogP contribution < -0.4 is 0 Å². The number of aromatic nitrogens is 2. The van der Waals surface area contributed by atoms with Crippen molar-refractivity contribution in [2.75, 3.05) is 13.1 Å². The van der Waals surface area contributed by atoms with Crippen LogP contribution >= 0.6 is 0 Å². The number of nitrogens with one attached hydrogen (secondary N) is 1. The van der Waals surface area contributed by atoms with Crippen molar-refractivity contribution in [1.82, 2.24) is 14.9 Å². The predicted molar refractivity (Wildman–Crippen MR) is 102 cm³/mol. The van der Waals surface area contributed by atoms with Gasteiger partial charge in [-0.15, -0.1) is 0 Å². The highest BCUT2D eigenvalue weighted by Gasteiger charge is 2.46. The van der Waals surface area contributed by atoms with E-state index in [4.69, 9.17) is 4.98 Å². The minimum absolute atomic E-state index is 0.195. The maximum absolute atomic E-state index is 12.8. The van der Waals surface area contributed by atoms with Gasteiger partial charge in [0.1, 0.15) is 5.82 Å². The van der Waals surface area contributed by atoms with Gasteiger partial charge in [0.2, 0.25) is 5.91 Å². The van der Waals surface area contributed by atoms with E-state index in [0.29, 0.717) is 17.7 Å². The summed E-state index contributed by atoms with van der Waals surface area (Å²) < 4.78 is 0. The minimum Gasteiger partial charge on any atom is -0.342 e. The number of aromatic amines is 1. The van der Waals surface area contributed by atoms with E-state index in [1.165, 1.54) is 5.56 Å². The highest BCUT2D eigenvalue weighted by atomic mass is 16.2. The lowest BCUT2D eigenvalue weighted by Crippen LogP contribution is -2.39. The second kappa shape index (κ2) is 6.27. The molecule has 1 aliphatic heterocycles. The summed E-state index contributed by atoms with van der Waals surface area (Å²) in [7, 11) is 0. The van der Waals surface area contributed by atoms with E-state index in [1.54, 1.807) is 0 Å². The molecule has 0 bridgehead atoms. The van der Waals surface area contributed by atoms with Crippen LogP contribution in [0.25, 0.3) is 11.0 Å². The first-order valence-electron chi connectivity index (χ1n) is 9.58. The van der Waals surface area contributed by atoms with E-state index >= 15 is 0 Å². The molecule has 26 heavy (non-hydrogen) atoms. The fourth-order valence-corrected chi connectivity index (χ4v) is 4.31. The van der Waals surface area contributed by atoms with E-state index in [2.05, 4.69) is 40.2 Å². The molecule has 1 saturated carbocycles. The zero-order valence-corrected chi connectivity index (χ0v) is 14.8. The highest BCUT2D eigenvalue weighted by molar-refractivity contribution is 5.83. The van der Waals surface area contributed by atoms with E-state index in [-0.39, 0.29) is 5.92 Å². The Kier molecular flexibility index (Phi) is 3.77. The number of benzene rings is 2. The number of rotatable bonds is 3. The zero-order valence-electron chi connectivity index (χ0n) is 14.8. The third-order valence-electron chi connectivity index (χ3n) is 5.94. The first-order valence-corrected chi connectivity index (χ1v) is 9.58. The van der Waals surface area contributed by atoms with Crippen LogP contribution in [0.2, 0.25) is 0 Å². The standard InChI is InChI=1S/C22H23N3O/c26-22(18-14-17(18)15-6-2-1-3-7-15)25-12-10-16(11-13-25)21-23-19-8-4-5-9-20(19)24-21/h1-9,16-18H,10-14H2,(H,23,24). The molecule has 1 saturated heterocycles. The molecule has 2 fully saturated rings. The van der Waals surface area contributed by atoms with Gasteiger partial charge in [0.15, 0.2) is 0 Å². The summed E-state index contributed by atoms with van der Waals surface area (Å²) >= 11 is 0. The summed E-state index contributed by atoms with van der Waals surface area (Å²) in [6, 6.07) is 18.6. The van der Waals surface area contributed by atoms with Gasteiger partial charge < -0.3 is 9.88 Å². The number of amides is 1. The van der Waals surface area contributed by atoms with Gasteiger partial charge >= 0.3 is 0 Å². The highest BCUT2D eigenvalue weighted by Crippen LogP contribution is 2.48. The molecule has 0 spiro atoms. The molecule has 3 aromatic rings. The van der Waals surface area contributed by atoms with Crippen LogP contribution in [0.5, 0.6) is 0 Å². The Balaban J connectivity index is 1.21. The number of fused-ring (bicyclic) bond motifs is 1. The summed E-state index contributed by atoms with van der Waals surface area (Å²) in [5.74, 6) is 2.47. The monoisotopic (exact) mass is 345 g/mol. The Morgan fingerprint density at radius 1 is 1.00 bits per heavy atom. The normalized spacial score (nSPS) is 23.3. The number of carbonyl (C=O) groups excluding carboxylic acids is 1. The van der Waals surface area contributed by atoms with Crippen LogP contribution in [0, 0.1) is 5.92 Å². The van der Waals surface area contributed by atoms with Crippen LogP contribution in [-0.4, -0.2) is 33.9 Å². The molecule has 2 aliphatic rings. The Morgan fingerprint density at radius 2 is 1.73 bits per heavy atom. The summed E-state index contributed by atoms with van der Waals surface area (Å²) in [6.45, 7) is 1.69. The van der Waals surface area contributed by atoms with Crippen molar-refractivity contribution in [2.45, 2.75) is 31.1 Å². The molecule has 132 valence electrons. The number of carbonyl (C=O) groups is 1. The fourth-order valence-electron chi connectivity index (χ4n) is 4.31. The van der Waals surface area contributed by atoms with Crippen LogP contribution in [0.3, 0.4) is 0 Å². The third-order valence-corrected chi connectivity index (χ3v) is 5.94. The fraction of sp³-hybridized carbons (Fsp3) is 0.364. The van der Waals surface area contributed by atoms with Crippen molar-refractivity contribution in [2.24, 2.45) is 5.92 Å². The first kappa shape index (κ1) is 15.6. The van der Waals surface area contributed by atoms with Gasteiger partial charge in [-0.2, -0.15) is 0 Å². The van der Waals surface area contributed by atoms with Crippen molar-refractivity contribution >= 4 is 16.9 Å². The quantitative estimate of drug-likeness (QED) is 0.778. The predicted octanol–water partition coefficient (Wildman–Crippen LogP) is 4.07. The molecule has 0 radical (unpaired) electrons. The van der Waals surface area contributed by atoms with E-state index in [1.807, 2.05) is 24.3 Å². The molecule has 4 nitrogen and oxygen atoms in total. The topological polar surface area (TPSA) is 49.0 Å². The summed E-state index contributed by atoms with van der Waals surface area (Å²) in [5, 5.41) is 0. The van der Waals surface area contributed by atoms with Crippen molar-refractivity contribution in [1.29, 1.82) is 0 Å². The number of piperidine rings is 1. The van der Waals surface area contributed by atoms with Crippen LogP contribution in [-0.2, 0) is 4.79 Å². The molecule has 5 rings (SSSR count). The average molecular weight is 345 g/mol. The van der Waals surface area contributed by atoms with Crippen LogP contribution in [0.1, 0.15) is 42.5 Å². The molecular formula is C22H23N3O. The number of imidazole rings is 1. The Labute approximate surface area is 153 Å². The maximum Gasteiger partial charge on any atom is 0.226 e. The van der Waals surface area contributed by atoms with Gasteiger partial charge in [-0.1, -0.05) is 42.5 Å². The SMILES string of the molecule is O=C(C1CC1c1ccccc1)N1CCC(c2nc3ccccc3[nH]2)CC1. The second-order valence-corrected chi connectivity index (χ2v) is 7.60. The summed E-state index contributed by atoms with van der Waals surface area (Å²) in [4.78, 5) is 23.1. The van der Waals surface area contributed by atoms with E-state index < -0.39 is 0 Å². The number of nitrogens with zero attached hydrogens (tertiary/aromatic N) is 2. The van der Waals surface area contributed by atoms with Crippen molar-refractivity contribution in [3.05, 3.63) is 66.0 Å². The number of para-hydroxylation sites is 2. The van der Waals surface area contributed by atoms with Gasteiger partial charge in [-0.3, -0.25) is 4.79 Å². The largest absolute Gasteiger partial charge is 0.342 e. The van der Waals surface area contributed by atoms with Crippen molar-refractivity contribution < 1.29 is 4.79 Å². The lowest BCUT2D eigenvalue weighted by Gasteiger charge is -2.31. The lowest BCUT2D eigenvalue weighted by molar-refractivity contribution is -0.133. The van der Waals surface area contributed by atoms with Gasteiger partial charge in [0.25, 0.3) is 0 Å². The third kappa shape index (κ3) is 2.79. The Morgan fingerprint density at radius 3 is 2.50 bits per heavy atom.